The van der Waals surface area contributed by atoms with Gasteiger partial charge < -0.3 is 19.5 Å². The van der Waals surface area contributed by atoms with E-state index in [1.807, 2.05) is 24.3 Å². The highest BCUT2D eigenvalue weighted by atomic mass is 32.2. The standard InChI is InChI=1S/C25H24N2O7S/c1-2-33-19-9-5-8-17(23(19)34-15-22(29)30)12-20-24(31)27(25(32)35-20)14-21(28)26-11-10-16-6-3-4-7-18(16)13-26/h3-9,12H,2,10-11,13-15H2,1H3,(H,29,30)/b20-12-. The molecule has 4 rings (SSSR count). The van der Waals surface area contributed by atoms with Gasteiger partial charge in [0.1, 0.15) is 6.54 Å². The lowest BCUT2D eigenvalue weighted by Crippen LogP contribution is -2.44. The van der Waals surface area contributed by atoms with Gasteiger partial charge in [-0.05, 0) is 48.4 Å². The Hall–Kier alpha value is -3.79. The van der Waals surface area contributed by atoms with Crippen LogP contribution in [-0.2, 0) is 27.3 Å². The van der Waals surface area contributed by atoms with Crippen LogP contribution in [0.25, 0.3) is 6.08 Å². The molecule has 3 amide bonds. The number of thioether (sulfide) groups is 1. The summed E-state index contributed by atoms with van der Waals surface area (Å²) in [6.45, 7) is 2.13. The number of hydrogen-bond acceptors (Lipinski definition) is 7. The quantitative estimate of drug-likeness (QED) is 0.555. The number of hydrogen-bond donors (Lipinski definition) is 1. The van der Waals surface area contributed by atoms with Crippen LogP contribution < -0.4 is 9.47 Å². The summed E-state index contributed by atoms with van der Waals surface area (Å²) in [6.07, 6.45) is 2.17. The lowest BCUT2D eigenvalue weighted by atomic mass is 10.00. The van der Waals surface area contributed by atoms with Gasteiger partial charge in [-0.1, -0.05) is 36.4 Å². The molecular weight excluding hydrogens is 472 g/mol. The van der Waals surface area contributed by atoms with Gasteiger partial charge in [0.05, 0.1) is 11.5 Å². The Morgan fingerprint density at radius 1 is 1.09 bits per heavy atom. The molecule has 0 atom stereocenters. The number of carbonyl (C=O) groups excluding carboxylic acids is 3. The second kappa shape index (κ2) is 10.6. The lowest BCUT2D eigenvalue weighted by molar-refractivity contribution is -0.139. The van der Waals surface area contributed by atoms with Crippen molar-refractivity contribution in [2.45, 2.75) is 19.9 Å². The molecule has 0 aromatic heterocycles. The largest absolute Gasteiger partial charge is 0.490 e. The van der Waals surface area contributed by atoms with E-state index in [4.69, 9.17) is 14.6 Å². The Kier molecular flexibility index (Phi) is 7.40. The first kappa shape index (κ1) is 24.3. The van der Waals surface area contributed by atoms with Crippen LogP contribution in [0.2, 0.25) is 0 Å². The van der Waals surface area contributed by atoms with E-state index >= 15 is 0 Å². The van der Waals surface area contributed by atoms with Crippen LogP contribution >= 0.6 is 11.8 Å². The number of nitrogens with zero attached hydrogens (tertiary/aromatic N) is 2. The first-order chi connectivity index (χ1) is 16.9. The average Bonchev–Trinajstić information content (AvgIpc) is 3.10. The van der Waals surface area contributed by atoms with E-state index in [1.54, 1.807) is 30.0 Å². The van der Waals surface area contributed by atoms with Crippen LogP contribution in [0.3, 0.4) is 0 Å². The SMILES string of the molecule is CCOc1cccc(/C=C2\SC(=O)N(CC(=O)N3CCc4ccccc4C3)C2=O)c1OCC(=O)O. The topological polar surface area (TPSA) is 113 Å². The number of carboxylic acid groups (broad SMARTS) is 1. The Labute approximate surface area is 206 Å². The number of fused-ring (bicyclic) bond motifs is 1. The fourth-order valence-electron chi connectivity index (χ4n) is 3.93. The van der Waals surface area contributed by atoms with E-state index in [-0.39, 0.29) is 23.1 Å². The van der Waals surface area contributed by atoms with Crippen molar-refractivity contribution in [2.75, 3.05) is 26.3 Å². The summed E-state index contributed by atoms with van der Waals surface area (Å²) < 4.78 is 10.9. The van der Waals surface area contributed by atoms with E-state index in [0.717, 1.165) is 28.6 Å². The van der Waals surface area contributed by atoms with Gasteiger partial charge in [-0.3, -0.25) is 19.3 Å². The molecule has 9 nitrogen and oxygen atoms in total. The summed E-state index contributed by atoms with van der Waals surface area (Å²) in [5.41, 5.74) is 2.65. The van der Waals surface area contributed by atoms with Crippen LogP contribution in [0.4, 0.5) is 4.79 Å². The number of amides is 3. The Morgan fingerprint density at radius 2 is 1.86 bits per heavy atom. The predicted octanol–water partition coefficient (Wildman–Crippen LogP) is 3.17. The fourth-order valence-corrected chi connectivity index (χ4v) is 4.75. The molecule has 2 heterocycles. The van der Waals surface area contributed by atoms with Crippen molar-refractivity contribution in [3.63, 3.8) is 0 Å². The predicted molar refractivity (Wildman–Crippen MR) is 129 cm³/mol. The van der Waals surface area contributed by atoms with Gasteiger partial charge in [0.25, 0.3) is 11.1 Å². The number of para-hydroxylation sites is 1. The van der Waals surface area contributed by atoms with Crippen molar-refractivity contribution in [3.8, 4) is 11.5 Å². The van der Waals surface area contributed by atoms with Crippen molar-refractivity contribution in [1.29, 1.82) is 0 Å². The van der Waals surface area contributed by atoms with E-state index in [0.29, 0.717) is 31.0 Å². The third-order valence-corrected chi connectivity index (χ3v) is 6.49. The van der Waals surface area contributed by atoms with Gasteiger partial charge in [0, 0.05) is 18.7 Å². The molecule has 0 aliphatic carbocycles. The zero-order chi connectivity index (χ0) is 24.9. The smallest absolute Gasteiger partial charge is 0.341 e. The van der Waals surface area contributed by atoms with E-state index in [2.05, 4.69) is 0 Å². The van der Waals surface area contributed by atoms with Gasteiger partial charge >= 0.3 is 5.97 Å². The summed E-state index contributed by atoms with van der Waals surface area (Å²) in [5, 5.41) is 8.46. The molecule has 35 heavy (non-hydrogen) atoms. The van der Waals surface area contributed by atoms with Crippen molar-refractivity contribution >= 4 is 40.9 Å². The molecule has 0 unspecified atom stereocenters. The normalized spacial score (nSPS) is 16.4. The molecular formula is C25H24N2O7S. The highest BCUT2D eigenvalue weighted by Gasteiger charge is 2.37. The van der Waals surface area contributed by atoms with Crippen molar-refractivity contribution in [3.05, 3.63) is 64.1 Å². The number of carboxylic acids is 1. The molecule has 1 fully saturated rings. The zero-order valence-corrected chi connectivity index (χ0v) is 19.9. The van der Waals surface area contributed by atoms with Gasteiger partial charge in [-0.2, -0.15) is 0 Å². The molecule has 0 spiro atoms. The monoisotopic (exact) mass is 496 g/mol. The van der Waals surface area contributed by atoms with Crippen LogP contribution in [0.15, 0.2) is 47.4 Å². The number of benzene rings is 2. The minimum Gasteiger partial charge on any atom is -0.490 e. The van der Waals surface area contributed by atoms with E-state index < -0.39 is 23.7 Å². The average molecular weight is 497 g/mol. The van der Waals surface area contributed by atoms with Gasteiger partial charge in [0.2, 0.25) is 5.91 Å². The van der Waals surface area contributed by atoms with Crippen LogP contribution in [0.1, 0.15) is 23.6 Å². The molecule has 2 aliphatic rings. The van der Waals surface area contributed by atoms with E-state index in [9.17, 15) is 19.2 Å². The summed E-state index contributed by atoms with van der Waals surface area (Å²) >= 11 is 0.721. The lowest BCUT2D eigenvalue weighted by Gasteiger charge is -2.29. The highest BCUT2D eigenvalue weighted by Crippen LogP contribution is 2.37. The third kappa shape index (κ3) is 5.48. The maximum Gasteiger partial charge on any atom is 0.341 e. The summed E-state index contributed by atoms with van der Waals surface area (Å²) in [5.74, 6) is -1.57. The molecule has 2 aromatic carbocycles. The molecule has 1 N–H and O–H groups in total. The van der Waals surface area contributed by atoms with Crippen LogP contribution in [-0.4, -0.2) is 64.2 Å². The van der Waals surface area contributed by atoms with Gasteiger partial charge in [-0.15, -0.1) is 0 Å². The second-order valence-electron chi connectivity index (χ2n) is 7.89. The molecule has 10 heteroatoms. The van der Waals surface area contributed by atoms with Gasteiger partial charge in [-0.25, -0.2) is 4.79 Å². The van der Waals surface area contributed by atoms with Crippen molar-refractivity contribution in [1.82, 2.24) is 9.80 Å². The number of imide groups is 1. The Morgan fingerprint density at radius 3 is 2.60 bits per heavy atom. The van der Waals surface area contributed by atoms with Gasteiger partial charge in [0.15, 0.2) is 18.1 Å². The maximum atomic E-state index is 13.0. The summed E-state index contributed by atoms with van der Waals surface area (Å²) in [7, 11) is 0. The summed E-state index contributed by atoms with van der Waals surface area (Å²) in [6, 6.07) is 12.8. The van der Waals surface area contributed by atoms with E-state index in [1.165, 1.54) is 11.6 Å². The molecule has 182 valence electrons. The number of rotatable bonds is 8. The minimum absolute atomic E-state index is 0.112. The molecule has 0 bridgehead atoms. The Balaban J connectivity index is 1.51. The Bertz CT molecular complexity index is 1210. The first-order valence-electron chi connectivity index (χ1n) is 11.1. The first-order valence-corrected chi connectivity index (χ1v) is 11.9. The number of ether oxygens (including phenoxy) is 2. The van der Waals surface area contributed by atoms with Crippen LogP contribution in [0, 0.1) is 0 Å². The molecule has 0 saturated carbocycles. The summed E-state index contributed by atoms with van der Waals surface area (Å²) in [4.78, 5) is 52.2. The second-order valence-corrected chi connectivity index (χ2v) is 8.88. The third-order valence-electron chi connectivity index (χ3n) is 5.59. The highest BCUT2D eigenvalue weighted by molar-refractivity contribution is 8.18. The van der Waals surface area contributed by atoms with Crippen LogP contribution in [0.5, 0.6) is 11.5 Å². The number of aliphatic carboxylic acids is 1. The molecule has 1 saturated heterocycles. The maximum absolute atomic E-state index is 13.0. The minimum atomic E-state index is -1.17. The number of carbonyl (C=O) groups is 4. The zero-order valence-electron chi connectivity index (χ0n) is 19.1. The van der Waals surface area contributed by atoms with Crippen molar-refractivity contribution < 1.29 is 33.8 Å². The molecule has 2 aromatic rings. The fraction of sp³-hybridized carbons (Fsp3) is 0.280. The molecule has 0 radical (unpaired) electrons. The van der Waals surface area contributed by atoms with Crippen molar-refractivity contribution in [2.24, 2.45) is 0 Å². The molecule has 2 aliphatic heterocycles.